The van der Waals surface area contributed by atoms with E-state index in [0.29, 0.717) is 11.6 Å². The molecule has 31 heavy (non-hydrogen) atoms. The highest BCUT2D eigenvalue weighted by Gasteiger charge is 2.30. The van der Waals surface area contributed by atoms with Crippen molar-refractivity contribution in [3.8, 4) is 5.75 Å². The Balaban J connectivity index is 1.67. The van der Waals surface area contributed by atoms with E-state index in [0.717, 1.165) is 38.7 Å². The predicted molar refractivity (Wildman–Crippen MR) is 114 cm³/mol. The van der Waals surface area contributed by atoms with Crippen LogP contribution in [0.3, 0.4) is 0 Å². The van der Waals surface area contributed by atoms with Gasteiger partial charge in [-0.1, -0.05) is 6.92 Å². The maximum atomic E-state index is 14.1. The Morgan fingerprint density at radius 1 is 1.03 bits per heavy atom. The Kier molecular flexibility index (Phi) is 6.99. The number of methoxy groups -OCH3 is 1. The van der Waals surface area contributed by atoms with E-state index in [2.05, 4.69) is 21.9 Å². The van der Waals surface area contributed by atoms with Crippen LogP contribution in [0.5, 0.6) is 5.75 Å². The van der Waals surface area contributed by atoms with Gasteiger partial charge in [0.1, 0.15) is 5.56 Å². The van der Waals surface area contributed by atoms with E-state index in [4.69, 9.17) is 12.2 Å². The van der Waals surface area contributed by atoms with Gasteiger partial charge in [0.25, 0.3) is 5.91 Å². The zero-order chi connectivity index (χ0) is 22.7. The summed E-state index contributed by atoms with van der Waals surface area (Å²) in [6.45, 7) is 4.16. The summed E-state index contributed by atoms with van der Waals surface area (Å²) in [6.07, 6.45) is 2.24. The van der Waals surface area contributed by atoms with Crippen molar-refractivity contribution in [3.05, 3.63) is 53.1 Å². The largest absolute Gasteiger partial charge is 0.491 e. The molecule has 0 aliphatic carbocycles. The average molecular weight is 455 g/mol. The summed E-state index contributed by atoms with van der Waals surface area (Å²) in [4.78, 5) is 14.4. The molecule has 0 unspecified atom stereocenters. The fourth-order valence-electron chi connectivity index (χ4n) is 3.34. The van der Waals surface area contributed by atoms with Gasteiger partial charge in [0.15, 0.2) is 22.5 Å². The Hall–Kier alpha value is -2.88. The van der Waals surface area contributed by atoms with Crippen molar-refractivity contribution >= 4 is 34.6 Å². The van der Waals surface area contributed by atoms with E-state index in [1.165, 1.54) is 0 Å². The summed E-state index contributed by atoms with van der Waals surface area (Å²) in [5.41, 5.74) is 0.128. The van der Waals surface area contributed by atoms with Gasteiger partial charge >= 0.3 is 0 Å². The second-order valence-corrected chi connectivity index (χ2v) is 7.70. The molecule has 0 bridgehead atoms. The van der Waals surface area contributed by atoms with Crippen molar-refractivity contribution in [2.45, 2.75) is 19.8 Å². The second-order valence-electron chi connectivity index (χ2n) is 7.29. The van der Waals surface area contributed by atoms with E-state index in [9.17, 15) is 22.4 Å². The van der Waals surface area contributed by atoms with Gasteiger partial charge in [0.05, 0.1) is 7.11 Å². The fourth-order valence-corrected chi connectivity index (χ4v) is 3.55. The van der Waals surface area contributed by atoms with Crippen LogP contribution in [0.1, 0.15) is 30.1 Å². The molecule has 0 aromatic heterocycles. The third kappa shape index (κ3) is 4.90. The molecule has 1 aliphatic heterocycles. The van der Waals surface area contributed by atoms with Crippen LogP contribution in [0, 0.1) is 29.2 Å². The van der Waals surface area contributed by atoms with Gasteiger partial charge in [-0.3, -0.25) is 10.1 Å². The Bertz CT molecular complexity index is 964. The number of carbonyl (C=O) groups is 1. The molecule has 2 N–H and O–H groups in total. The highest BCUT2D eigenvalue weighted by atomic mass is 32.1. The first-order chi connectivity index (χ1) is 14.7. The van der Waals surface area contributed by atoms with E-state index in [1.54, 1.807) is 12.1 Å². The molecule has 1 saturated heterocycles. The van der Waals surface area contributed by atoms with Crippen LogP contribution in [0.25, 0.3) is 0 Å². The summed E-state index contributed by atoms with van der Waals surface area (Å²) in [6, 6.07) is 7.24. The maximum Gasteiger partial charge on any atom is 0.263 e. The Morgan fingerprint density at radius 3 is 2.10 bits per heavy atom. The van der Waals surface area contributed by atoms with Gasteiger partial charge < -0.3 is 15.0 Å². The smallest absolute Gasteiger partial charge is 0.263 e. The number of ether oxygens (including phenoxy) is 1. The Morgan fingerprint density at radius 2 is 1.58 bits per heavy atom. The van der Waals surface area contributed by atoms with Crippen molar-refractivity contribution in [2.75, 3.05) is 30.4 Å². The fraction of sp³-hybridized carbons (Fsp3) is 0.333. The number of rotatable bonds is 4. The molecule has 2 aromatic rings. The van der Waals surface area contributed by atoms with E-state index in [1.807, 2.05) is 17.4 Å². The van der Waals surface area contributed by atoms with Crippen LogP contribution in [0.4, 0.5) is 28.9 Å². The van der Waals surface area contributed by atoms with Crippen molar-refractivity contribution in [1.29, 1.82) is 0 Å². The minimum absolute atomic E-state index is 0.292. The molecular formula is C21H21F4N3O2S. The van der Waals surface area contributed by atoms with Crippen LogP contribution in [-0.2, 0) is 0 Å². The maximum absolute atomic E-state index is 14.1. The summed E-state index contributed by atoms with van der Waals surface area (Å²) >= 11 is 4.97. The predicted octanol–water partition coefficient (Wildman–Crippen LogP) is 4.61. The molecule has 1 aliphatic rings. The number of thiocarbonyl (C=S) groups is 1. The molecule has 5 nitrogen and oxygen atoms in total. The van der Waals surface area contributed by atoms with Crippen LogP contribution >= 0.6 is 12.2 Å². The number of hydrogen-bond donors (Lipinski definition) is 2. The second kappa shape index (κ2) is 9.51. The van der Waals surface area contributed by atoms with Crippen LogP contribution in [0.2, 0.25) is 0 Å². The van der Waals surface area contributed by atoms with Crippen molar-refractivity contribution in [2.24, 2.45) is 5.92 Å². The number of hydrogen-bond acceptors (Lipinski definition) is 4. The van der Waals surface area contributed by atoms with Gasteiger partial charge in [-0.05, 0) is 55.2 Å². The molecule has 0 spiro atoms. The standard InChI is InChI=1S/C21H21F4N3O2S/c1-11-7-9-28(10-8-11)13-5-3-12(4-6-13)26-21(31)27-20(29)14-15(22)17(24)19(30-2)18(25)16(14)23/h3-6,11H,7-10H2,1-2H3,(H2,26,27,29,31). The summed E-state index contributed by atoms with van der Waals surface area (Å²) < 4.78 is 60.1. The van der Waals surface area contributed by atoms with E-state index >= 15 is 0 Å². The van der Waals surface area contributed by atoms with Crippen molar-refractivity contribution in [3.63, 3.8) is 0 Å². The highest BCUT2D eigenvalue weighted by molar-refractivity contribution is 7.80. The van der Waals surface area contributed by atoms with Crippen molar-refractivity contribution in [1.82, 2.24) is 5.32 Å². The van der Waals surface area contributed by atoms with Gasteiger partial charge in [-0.15, -0.1) is 0 Å². The topological polar surface area (TPSA) is 53.6 Å². The third-order valence-electron chi connectivity index (χ3n) is 5.16. The lowest BCUT2D eigenvalue weighted by Crippen LogP contribution is -2.35. The van der Waals surface area contributed by atoms with E-state index in [-0.39, 0.29) is 5.11 Å². The molecule has 0 saturated carbocycles. The van der Waals surface area contributed by atoms with Crippen molar-refractivity contribution < 1.29 is 27.1 Å². The molecule has 0 atom stereocenters. The van der Waals surface area contributed by atoms with Crippen LogP contribution in [0.15, 0.2) is 24.3 Å². The molecule has 166 valence electrons. The normalized spacial score (nSPS) is 14.3. The number of anilines is 2. The lowest BCUT2D eigenvalue weighted by Gasteiger charge is -2.32. The lowest BCUT2D eigenvalue weighted by molar-refractivity contribution is 0.0966. The monoisotopic (exact) mass is 455 g/mol. The molecule has 1 heterocycles. The molecule has 1 amide bonds. The first kappa shape index (κ1) is 22.8. The minimum atomic E-state index is -1.88. The summed E-state index contributed by atoms with van der Waals surface area (Å²) in [7, 11) is 0.843. The first-order valence-corrected chi connectivity index (χ1v) is 10.0. The SMILES string of the molecule is COc1c(F)c(F)c(C(=O)NC(=S)Nc2ccc(N3CCC(C)CC3)cc2)c(F)c1F. The van der Waals surface area contributed by atoms with Gasteiger partial charge in [-0.2, -0.15) is 8.78 Å². The molecule has 1 fully saturated rings. The molecule has 2 aromatic carbocycles. The number of halogens is 4. The molecule has 10 heteroatoms. The first-order valence-electron chi connectivity index (χ1n) is 9.60. The Labute approximate surface area is 182 Å². The number of piperidine rings is 1. The van der Waals surface area contributed by atoms with E-state index < -0.39 is 40.5 Å². The number of amides is 1. The molecule has 3 rings (SSSR count). The number of carbonyl (C=O) groups excluding carboxylic acids is 1. The number of nitrogens with one attached hydrogen (secondary N) is 2. The van der Waals surface area contributed by atoms with Gasteiger partial charge in [0, 0.05) is 24.5 Å². The molecule has 0 radical (unpaired) electrons. The molecular weight excluding hydrogens is 434 g/mol. The lowest BCUT2D eigenvalue weighted by atomic mass is 9.99. The quantitative estimate of drug-likeness (QED) is 0.401. The zero-order valence-electron chi connectivity index (χ0n) is 16.9. The zero-order valence-corrected chi connectivity index (χ0v) is 17.7. The summed E-state index contributed by atoms with van der Waals surface area (Å²) in [5.74, 6) is -9.36. The average Bonchev–Trinajstić information content (AvgIpc) is 2.74. The van der Waals surface area contributed by atoms with Crippen LogP contribution < -0.4 is 20.3 Å². The minimum Gasteiger partial charge on any atom is -0.491 e. The van der Waals surface area contributed by atoms with Gasteiger partial charge in [-0.25, -0.2) is 8.78 Å². The number of benzene rings is 2. The van der Waals surface area contributed by atoms with Crippen LogP contribution in [-0.4, -0.2) is 31.2 Å². The van der Waals surface area contributed by atoms with Gasteiger partial charge in [0.2, 0.25) is 11.6 Å². The summed E-state index contributed by atoms with van der Waals surface area (Å²) in [5, 5.41) is 4.42. The highest BCUT2D eigenvalue weighted by Crippen LogP contribution is 2.30. The number of nitrogens with zero attached hydrogens (tertiary/aromatic N) is 1. The third-order valence-corrected chi connectivity index (χ3v) is 5.36.